The number of sulfonamides is 1. The molecule has 0 aliphatic rings. The van der Waals surface area contributed by atoms with Crippen molar-refractivity contribution in [3.8, 4) is 0 Å². The summed E-state index contributed by atoms with van der Waals surface area (Å²) in [7, 11) is -0.418. The van der Waals surface area contributed by atoms with Gasteiger partial charge in [0, 0.05) is 44.1 Å². The van der Waals surface area contributed by atoms with Crippen molar-refractivity contribution in [1.29, 1.82) is 0 Å². The van der Waals surface area contributed by atoms with E-state index in [1.165, 1.54) is 21.1 Å². The van der Waals surface area contributed by atoms with Crippen molar-refractivity contribution in [1.82, 2.24) is 24.3 Å². The molecule has 9 nitrogen and oxygen atoms in total. The Hall–Kier alpha value is -2.11. The van der Waals surface area contributed by atoms with Gasteiger partial charge in [-0.3, -0.25) is 20.4 Å². The number of aromatic nitrogens is 2. The van der Waals surface area contributed by atoms with E-state index in [1.807, 2.05) is 0 Å². The number of hydrazine groups is 1. The largest absolute Gasteiger partial charge is 0.345 e. The van der Waals surface area contributed by atoms with Gasteiger partial charge in [-0.15, -0.1) is 0 Å². The number of carbonyl (C=O) groups excluding carboxylic acids is 2. The summed E-state index contributed by atoms with van der Waals surface area (Å²) < 4.78 is 30.2. The van der Waals surface area contributed by atoms with Crippen molar-refractivity contribution in [3.63, 3.8) is 0 Å². The molecule has 0 saturated heterocycles. The molecule has 0 radical (unpaired) electrons. The predicted octanol–water partition coefficient (Wildman–Crippen LogP) is 1.23. The first kappa shape index (κ1) is 21.2. The lowest BCUT2D eigenvalue weighted by atomic mass is 10.4. The molecular formula is C16H22BrN5O4S. The lowest BCUT2D eigenvalue weighted by molar-refractivity contribution is 0.0837. The molecule has 2 aromatic heterocycles. The summed E-state index contributed by atoms with van der Waals surface area (Å²) in [5.74, 6) is -1.12. The minimum absolute atomic E-state index is 0.0246. The van der Waals surface area contributed by atoms with Crippen LogP contribution in [0, 0.1) is 0 Å². The molecule has 0 saturated carbocycles. The summed E-state index contributed by atoms with van der Waals surface area (Å²) in [6.45, 7) is 4.15. The van der Waals surface area contributed by atoms with E-state index in [1.54, 1.807) is 44.8 Å². The fraction of sp³-hybridized carbons (Fsp3) is 0.375. The zero-order chi connectivity index (χ0) is 20.4. The Bertz CT molecular complexity index is 960. The average Bonchev–Trinajstić information content (AvgIpc) is 3.15. The number of nitrogens with zero attached hydrogens (tertiary/aromatic N) is 3. The van der Waals surface area contributed by atoms with Gasteiger partial charge < -0.3 is 9.13 Å². The summed E-state index contributed by atoms with van der Waals surface area (Å²) in [6.07, 6.45) is 3.08. The third kappa shape index (κ3) is 4.42. The van der Waals surface area contributed by atoms with Crippen molar-refractivity contribution in [2.45, 2.75) is 18.7 Å². The number of nitrogens with one attached hydrogen (secondary N) is 2. The van der Waals surface area contributed by atoms with Gasteiger partial charge in [-0.2, -0.15) is 4.31 Å². The van der Waals surface area contributed by atoms with Gasteiger partial charge in [0.25, 0.3) is 11.8 Å². The summed E-state index contributed by atoms with van der Waals surface area (Å²) in [4.78, 5) is 24.5. The molecule has 27 heavy (non-hydrogen) atoms. The molecule has 0 fully saturated rings. The Morgan fingerprint density at radius 1 is 1.00 bits per heavy atom. The van der Waals surface area contributed by atoms with Crippen LogP contribution in [-0.4, -0.2) is 46.8 Å². The highest BCUT2D eigenvalue weighted by Crippen LogP contribution is 2.18. The molecule has 0 aliphatic heterocycles. The number of hydrogen-bond donors (Lipinski definition) is 2. The molecule has 2 N–H and O–H groups in total. The van der Waals surface area contributed by atoms with E-state index >= 15 is 0 Å². The fourth-order valence-corrected chi connectivity index (χ4v) is 4.66. The third-order valence-electron chi connectivity index (χ3n) is 4.05. The zero-order valence-electron chi connectivity index (χ0n) is 15.5. The van der Waals surface area contributed by atoms with Gasteiger partial charge >= 0.3 is 0 Å². The van der Waals surface area contributed by atoms with E-state index in [0.717, 1.165) is 4.47 Å². The van der Waals surface area contributed by atoms with E-state index < -0.39 is 21.8 Å². The lowest BCUT2D eigenvalue weighted by Gasteiger charge is -2.17. The Morgan fingerprint density at radius 3 is 1.93 bits per heavy atom. The van der Waals surface area contributed by atoms with E-state index in [9.17, 15) is 18.0 Å². The molecule has 11 heteroatoms. The van der Waals surface area contributed by atoms with Crippen LogP contribution in [0.5, 0.6) is 0 Å². The van der Waals surface area contributed by atoms with Crippen LogP contribution in [0.4, 0.5) is 0 Å². The number of aryl methyl sites for hydroxylation is 2. The number of amides is 2. The van der Waals surface area contributed by atoms with Gasteiger partial charge in [-0.05, 0) is 28.1 Å². The molecule has 0 unspecified atom stereocenters. The molecule has 0 bridgehead atoms. The van der Waals surface area contributed by atoms with Gasteiger partial charge in [0.2, 0.25) is 10.0 Å². The highest BCUT2D eigenvalue weighted by Gasteiger charge is 2.25. The van der Waals surface area contributed by atoms with Crippen molar-refractivity contribution < 1.29 is 18.0 Å². The van der Waals surface area contributed by atoms with Gasteiger partial charge in [0.05, 0.1) is 0 Å². The topological polar surface area (TPSA) is 105 Å². The summed E-state index contributed by atoms with van der Waals surface area (Å²) in [5, 5.41) is 0. The van der Waals surface area contributed by atoms with Crippen molar-refractivity contribution in [3.05, 3.63) is 40.4 Å². The molecule has 2 amide bonds. The predicted molar refractivity (Wildman–Crippen MR) is 104 cm³/mol. The molecule has 0 atom stereocenters. The molecule has 0 aromatic carbocycles. The Labute approximate surface area is 166 Å². The van der Waals surface area contributed by atoms with Gasteiger partial charge in [0.1, 0.15) is 16.3 Å². The molecule has 2 heterocycles. The SMILES string of the molecule is CCN(CC)S(=O)(=O)c1cc(C(=O)NNC(=O)c2cc(Br)cn2C)n(C)c1. The van der Waals surface area contributed by atoms with Gasteiger partial charge in [-0.1, -0.05) is 13.8 Å². The Kier molecular flexibility index (Phi) is 6.50. The summed E-state index contributed by atoms with van der Waals surface area (Å²) >= 11 is 3.27. The molecule has 0 aliphatic carbocycles. The molecule has 2 rings (SSSR count). The van der Waals surface area contributed by atoms with Crippen molar-refractivity contribution in [2.75, 3.05) is 13.1 Å². The quantitative estimate of drug-likeness (QED) is 0.633. The third-order valence-corrected chi connectivity index (χ3v) is 6.50. The second kappa shape index (κ2) is 8.28. The minimum atomic E-state index is -3.68. The van der Waals surface area contributed by atoms with Crippen LogP contribution in [0.2, 0.25) is 0 Å². The highest BCUT2D eigenvalue weighted by atomic mass is 79.9. The maximum atomic E-state index is 12.6. The average molecular weight is 460 g/mol. The van der Waals surface area contributed by atoms with Crippen LogP contribution in [-0.2, 0) is 24.1 Å². The summed E-state index contributed by atoms with van der Waals surface area (Å²) in [6, 6.07) is 2.90. The lowest BCUT2D eigenvalue weighted by Crippen LogP contribution is -2.42. The number of carbonyl (C=O) groups is 2. The highest BCUT2D eigenvalue weighted by molar-refractivity contribution is 9.10. The first-order valence-electron chi connectivity index (χ1n) is 8.20. The monoisotopic (exact) mass is 459 g/mol. The first-order chi connectivity index (χ1) is 12.6. The normalized spacial score (nSPS) is 11.6. The Balaban J connectivity index is 2.15. The smallest absolute Gasteiger partial charge is 0.286 e. The summed E-state index contributed by atoms with van der Waals surface area (Å²) in [5.41, 5.74) is 5.07. The van der Waals surface area contributed by atoms with Crippen molar-refractivity contribution in [2.24, 2.45) is 14.1 Å². The standard InChI is InChI=1S/C16H22BrN5O4S/c1-5-22(6-2)27(25,26)12-8-14(21(4)10-12)16(24)19-18-15(23)13-7-11(17)9-20(13)3/h7-10H,5-6H2,1-4H3,(H,18,23)(H,19,24). The molecule has 148 valence electrons. The first-order valence-corrected chi connectivity index (χ1v) is 10.4. The molecule has 0 spiro atoms. The number of halogens is 1. The Morgan fingerprint density at radius 2 is 1.48 bits per heavy atom. The van der Waals surface area contributed by atoms with Crippen LogP contribution in [0.1, 0.15) is 34.8 Å². The van der Waals surface area contributed by atoms with Crippen LogP contribution in [0.25, 0.3) is 0 Å². The fourth-order valence-electron chi connectivity index (χ4n) is 2.61. The van der Waals surface area contributed by atoms with E-state index in [-0.39, 0.29) is 10.6 Å². The van der Waals surface area contributed by atoms with Crippen LogP contribution < -0.4 is 10.9 Å². The second-order valence-corrected chi connectivity index (χ2v) is 8.68. The van der Waals surface area contributed by atoms with Gasteiger partial charge in [-0.25, -0.2) is 8.42 Å². The van der Waals surface area contributed by atoms with Crippen LogP contribution in [0.15, 0.2) is 33.9 Å². The van der Waals surface area contributed by atoms with Crippen LogP contribution >= 0.6 is 15.9 Å². The maximum Gasteiger partial charge on any atom is 0.286 e. The minimum Gasteiger partial charge on any atom is -0.345 e. The van der Waals surface area contributed by atoms with E-state index in [0.29, 0.717) is 18.8 Å². The molecule has 2 aromatic rings. The number of hydrogen-bond acceptors (Lipinski definition) is 4. The number of rotatable bonds is 6. The van der Waals surface area contributed by atoms with Crippen LogP contribution in [0.3, 0.4) is 0 Å². The zero-order valence-corrected chi connectivity index (χ0v) is 17.9. The van der Waals surface area contributed by atoms with E-state index in [2.05, 4.69) is 26.8 Å². The van der Waals surface area contributed by atoms with E-state index in [4.69, 9.17) is 0 Å². The maximum absolute atomic E-state index is 12.6. The molecular weight excluding hydrogens is 438 g/mol. The second-order valence-electron chi connectivity index (χ2n) is 5.82. The van der Waals surface area contributed by atoms with Crippen molar-refractivity contribution >= 4 is 37.8 Å². The van der Waals surface area contributed by atoms with Gasteiger partial charge in [0.15, 0.2) is 0 Å².